The lowest BCUT2D eigenvalue weighted by molar-refractivity contribution is -0.161. The first-order chi connectivity index (χ1) is 36.2. The summed E-state index contributed by atoms with van der Waals surface area (Å²) in [4.78, 5) is 48.6. The quantitative estimate of drug-likeness (QED) is 0.0197. The summed E-state index contributed by atoms with van der Waals surface area (Å²) in [6.07, 6.45) is 59.5. The Bertz CT molecular complexity index is 1380. The van der Waals surface area contributed by atoms with Crippen molar-refractivity contribution < 1.29 is 52.2 Å². The molecular formula is C62H115O11P. The summed E-state index contributed by atoms with van der Waals surface area (Å²) in [6, 6.07) is 0. The molecule has 0 aromatic rings. The molecule has 11 nitrogen and oxygen atoms in total. The molecule has 0 rings (SSSR count). The number of allylic oxidation sites excluding steroid dienone is 6. The summed E-state index contributed by atoms with van der Waals surface area (Å²) in [6.45, 7) is 4.59. The van der Waals surface area contributed by atoms with E-state index in [1.165, 1.54) is 154 Å². The number of esters is 3. The monoisotopic (exact) mass is 1070 g/mol. The standard InChI is InChI=1S/C62H115O11P/c1-4-7-10-13-16-19-22-25-27-29-31-34-36-39-42-45-48-51-60(64)69-55-59(73-62(66)53-50-47-44-41-38-35-32-30-28-26-23-20-17-14-11-8-5-2)57-71-74(67,68)70-56-58(54-63)72-61(65)52-49-46-43-40-37-33-24-21-18-15-12-9-6-3/h7,10,16,19,25,27,58-59,63H,4-6,8-9,11-15,17-18,20-24,26,28-57H2,1-3H3,(H,67,68)/b10-7-,19-16-,27-25-. The van der Waals surface area contributed by atoms with Crippen LogP contribution in [0.1, 0.15) is 303 Å². The highest BCUT2D eigenvalue weighted by Gasteiger charge is 2.28. The maximum absolute atomic E-state index is 12.9. The van der Waals surface area contributed by atoms with Gasteiger partial charge in [-0.2, -0.15) is 0 Å². The Morgan fingerprint density at radius 1 is 0.392 bits per heavy atom. The van der Waals surface area contributed by atoms with Crippen molar-refractivity contribution in [2.24, 2.45) is 0 Å². The van der Waals surface area contributed by atoms with E-state index in [1.54, 1.807) is 0 Å². The van der Waals surface area contributed by atoms with Crippen LogP contribution in [0, 0.1) is 0 Å². The predicted molar refractivity (Wildman–Crippen MR) is 307 cm³/mol. The maximum Gasteiger partial charge on any atom is 0.472 e. The molecule has 3 atom stereocenters. The molecule has 3 unspecified atom stereocenters. The molecule has 2 N–H and O–H groups in total. The minimum Gasteiger partial charge on any atom is -0.462 e. The van der Waals surface area contributed by atoms with Crippen molar-refractivity contribution in [2.75, 3.05) is 26.4 Å². The fourth-order valence-electron chi connectivity index (χ4n) is 8.90. The van der Waals surface area contributed by atoms with Crippen LogP contribution in [-0.4, -0.2) is 66.5 Å². The molecule has 0 saturated heterocycles. The van der Waals surface area contributed by atoms with E-state index in [0.29, 0.717) is 19.3 Å². The van der Waals surface area contributed by atoms with Crippen molar-refractivity contribution in [1.82, 2.24) is 0 Å². The number of rotatable bonds is 58. The van der Waals surface area contributed by atoms with Gasteiger partial charge in [-0.25, -0.2) is 4.57 Å². The Labute approximate surface area is 454 Å². The Kier molecular flexibility index (Phi) is 55.1. The SMILES string of the molecule is CC/C=C\C/C=C\C/C=C\CCCCCCCCCC(=O)OCC(COP(=O)(O)OCC(CO)OC(=O)CCCCCCCCCCCCCCC)OC(=O)CCCCCCCCCCCCCCCCCCC. The molecule has 0 amide bonds. The van der Waals surface area contributed by atoms with E-state index in [1.807, 2.05) is 0 Å². The molecule has 0 fully saturated rings. The molecule has 0 heterocycles. The van der Waals surface area contributed by atoms with E-state index in [4.69, 9.17) is 23.3 Å². The van der Waals surface area contributed by atoms with Gasteiger partial charge >= 0.3 is 25.7 Å². The number of hydrogen-bond acceptors (Lipinski definition) is 10. The van der Waals surface area contributed by atoms with E-state index in [-0.39, 0.29) is 25.9 Å². The number of unbranched alkanes of at least 4 members (excludes halogenated alkanes) is 35. The van der Waals surface area contributed by atoms with Crippen molar-refractivity contribution in [3.8, 4) is 0 Å². The van der Waals surface area contributed by atoms with Crippen molar-refractivity contribution in [2.45, 2.75) is 315 Å². The number of phosphoric ester groups is 1. The van der Waals surface area contributed by atoms with Crippen LogP contribution in [0.4, 0.5) is 0 Å². The number of hydrogen-bond donors (Lipinski definition) is 2. The Morgan fingerprint density at radius 3 is 1.08 bits per heavy atom. The maximum atomic E-state index is 12.9. The predicted octanol–water partition coefficient (Wildman–Crippen LogP) is 18.4. The lowest BCUT2D eigenvalue weighted by Gasteiger charge is -2.21. The molecule has 0 saturated carbocycles. The third-order valence-electron chi connectivity index (χ3n) is 13.6. The van der Waals surface area contributed by atoms with Gasteiger partial charge in [-0.05, 0) is 51.4 Å². The van der Waals surface area contributed by atoms with Gasteiger partial charge < -0.3 is 24.2 Å². The second kappa shape index (κ2) is 56.9. The van der Waals surface area contributed by atoms with Crippen LogP contribution in [-0.2, 0) is 42.2 Å². The van der Waals surface area contributed by atoms with Gasteiger partial charge in [0.2, 0.25) is 0 Å². The van der Waals surface area contributed by atoms with Crippen LogP contribution in [0.5, 0.6) is 0 Å². The molecule has 0 aliphatic carbocycles. The molecule has 0 aliphatic heterocycles. The smallest absolute Gasteiger partial charge is 0.462 e. The molecule has 0 spiro atoms. The Balaban J connectivity index is 4.69. The molecule has 0 radical (unpaired) electrons. The van der Waals surface area contributed by atoms with Gasteiger partial charge in [0.1, 0.15) is 12.7 Å². The number of aliphatic hydroxyl groups excluding tert-OH is 1. The Hall–Kier alpha value is -2.30. The lowest BCUT2D eigenvalue weighted by atomic mass is 10.0. The van der Waals surface area contributed by atoms with Crippen molar-refractivity contribution in [3.63, 3.8) is 0 Å². The molecular weight excluding hydrogens is 952 g/mol. The van der Waals surface area contributed by atoms with Crippen molar-refractivity contribution in [1.29, 1.82) is 0 Å². The molecule has 74 heavy (non-hydrogen) atoms. The Morgan fingerprint density at radius 2 is 0.703 bits per heavy atom. The van der Waals surface area contributed by atoms with Crippen LogP contribution in [0.3, 0.4) is 0 Å². The summed E-state index contributed by atoms with van der Waals surface area (Å²) >= 11 is 0. The number of carbonyl (C=O) groups excluding carboxylic acids is 3. The van der Waals surface area contributed by atoms with Gasteiger partial charge in [-0.1, -0.05) is 269 Å². The van der Waals surface area contributed by atoms with Gasteiger partial charge in [0.25, 0.3) is 0 Å². The zero-order valence-electron chi connectivity index (χ0n) is 48.1. The molecule has 434 valence electrons. The van der Waals surface area contributed by atoms with Crippen LogP contribution in [0.15, 0.2) is 36.5 Å². The van der Waals surface area contributed by atoms with Gasteiger partial charge in [0.15, 0.2) is 6.10 Å². The average Bonchev–Trinajstić information content (AvgIpc) is 3.39. The second-order valence-electron chi connectivity index (χ2n) is 20.9. The summed E-state index contributed by atoms with van der Waals surface area (Å²) in [5.41, 5.74) is 0. The molecule has 12 heteroatoms. The minimum absolute atomic E-state index is 0.172. The zero-order valence-corrected chi connectivity index (χ0v) is 49.0. The highest BCUT2D eigenvalue weighted by Crippen LogP contribution is 2.43. The topological polar surface area (TPSA) is 155 Å². The van der Waals surface area contributed by atoms with Gasteiger partial charge in [0.05, 0.1) is 19.8 Å². The van der Waals surface area contributed by atoms with Crippen LogP contribution < -0.4 is 0 Å². The highest BCUT2D eigenvalue weighted by atomic mass is 31.2. The molecule has 0 aromatic carbocycles. The van der Waals surface area contributed by atoms with E-state index >= 15 is 0 Å². The molecule has 0 aromatic heterocycles. The first-order valence-corrected chi connectivity index (χ1v) is 32.4. The van der Waals surface area contributed by atoms with Crippen LogP contribution >= 0.6 is 7.82 Å². The van der Waals surface area contributed by atoms with E-state index in [9.17, 15) is 28.9 Å². The third-order valence-corrected chi connectivity index (χ3v) is 14.5. The highest BCUT2D eigenvalue weighted by molar-refractivity contribution is 7.47. The van der Waals surface area contributed by atoms with Crippen molar-refractivity contribution >= 4 is 25.7 Å². The van der Waals surface area contributed by atoms with Crippen LogP contribution in [0.2, 0.25) is 0 Å². The summed E-state index contributed by atoms with van der Waals surface area (Å²) in [5, 5.41) is 9.82. The normalized spacial score (nSPS) is 13.5. The molecule has 0 bridgehead atoms. The summed E-state index contributed by atoms with van der Waals surface area (Å²) in [7, 11) is -4.74. The fourth-order valence-corrected chi connectivity index (χ4v) is 9.69. The number of aliphatic hydroxyl groups is 1. The van der Waals surface area contributed by atoms with Crippen molar-refractivity contribution in [3.05, 3.63) is 36.5 Å². The molecule has 0 aliphatic rings. The van der Waals surface area contributed by atoms with Gasteiger partial charge in [-0.3, -0.25) is 23.4 Å². The zero-order chi connectivity index (χ0) is 54.1. The third kappa shape index (κ3) is 54.5. The van der Waals surface area contributed by atoms with E-state index in [0.717, 1.165) is 89.9 Å². The van der Waals surface area contributed by atoms with Gasteiger partial charge in [-0.15, -0.1) is 0 Å². The largest absolute Gasteiger partial charge is 0.472 e. The summed E-state index contributed by atoms with van der Waals surface area (Å²) in [5.74, 6) is -1.45. The second-order valence-corrected chi connectivity index (χ2v) is 22.3. The first-order valence-electron chi connectivity index (χ1n) is 30.9. The number of phosphoric acid groups is 1. The lowest BCUT2D eigenvalue weighted by Crippen LogP contribution is -2.30. The van der Waals surface area contributed by atoms with E-state index < -0.39 is 57.8 Å². The van der Waals surface area contributed by atoms with E-state index in [2.05, 4.69) is 57.2 Å². The fraction of sp³-hybridized carbons (Fsp3) is 0.855. The number of carbonyl (C=O) groups is 3. The first kappa shape index (κ1) is 71.7. The minimum atomic E-state index is -4.74. The van der Waals surface area contributed by atoms with Gasteiger partial charge in [0, 0.05) is 19.3 Å². The average molecular weight is 1070 g/mol. The number of ether oxygens (including phenoxy) is 3. The summed E-state index contributed by atoms with van der Waals surface area (Å²) < 4.78 is 39.6. The van der Waals surface area contributed by atoms with Crippen LogP contribution in [0.25, 0.3) is 0 Å².